The van der Waals surface area contributed by atoms with Crippen molar-refractivity contribution in [3.8, 4) is 0 Å². The Hall–Kier alpha value is -4.55. The number of hydrogen-bond acceptors (Lipinski definition) is 9. The van der Waals surface area contributed by atoms with Crippen LogP contribution in [0.5, 0.6) is 0 Å². The number of nitrogens with zero attached hydrogens (tertiary/aromatic N) is 2. The van der Waals surface area contributed by atoms with E-state index in [0.717, 1.165) is 9.80 Å². The number of fused-ring (bicyclic) bond motifs is 1. The molecule has 12 heteroatoms. The first-order valence-corrected chi connectivity index (χ1v) is 14.1. The monoisotopic (exact) mass is 589 g/mol. The van der Waals surface area contributed by atoms with Crippen molar-refractivity contribution >= 4 is 41.2 Å². The Morgan fingerprint density at radius 1 is 1.02 bits per heavy atom. The maximum Gasteiger partial charge on any atom is 0.337 e. The van der Waals surface area contributed by atoms with Crippen molar-refractivity contribution < 1.29 is 33.9 Å². The zero-order valence-corrected chi connectivity index (χ0v) is 23.3. The van der Waals surface area contributed by atoms with E-state index in [1.165, 1.54) is 55.3 Å². The number of carbonyl (C=O) groups excluding carboxylic acids is 3. The summed E-state index contributed by atoms with van der Waals surface area (Å²) in [5.74, 6) is -4.74. The van der Waals surface area contributed by atoms with Gasteiger partial charge in [-0.1, -0.05) is 42.5 Å². The Kier molecular flexibility index (Phi) is 8.10. The summed E-state index contributed by atoms with van der Waals surface area (Å²) in [5.41, 5.74) is -0.765. The molecule has 11 nitrogen and oxygen atoms in total. The number of thioether (sulfide) groups is 1. The molecule has 42 heavy (non-hydrogen) atoms. The first-order valence-electron chi connectivity index (χ1n) is 13.1. The fourth-order valence-corrected chi connectivity index (χ4v) is 6.64. The molecule has 2 N–H and O–H groups in total. The SMILES string of the molecule is COC(=O)c1ccc(C2NC(Cc3ccc([N+](=O)[O-])cc3)(C(=O)O)C3C(=O)N(CCSc4ccccc4)C(=O)C23)cc1. The number of nitro groups is 1. The molecule has 0 aliphatic carbocycles. The molecule has 216 valence electrons. The molecule has 0 spiro atoms. The van der Waals surface area contributed by atoms with Crippen LogP contribution in [-0.4, -0.2) is 63.6 Å². The maximum absolute atomic E-state index is 13.9. The number of ether oxygens (including phenoxy) is 1. The number of non-ortho nitro benzene ring substituents is 1. The second-order valence-electron chi connectivity index (χ2n) is 10.1. The Morgan fingerprint density at radius 3 is 2.29 bits per heavy atom. The van der Waals surface area contributed by atoms with E-state index in [1.54, 1.807) is 12.1 Å². The van der Waals surface area contributed by atoms with Gasteiger partial charge in [-0.2, -0.15) is 0 Å². The Balaban J connectivity index is 1.50. The van der Waals surface area contributed by atoms with Gasteiger partial charge in [-0.25, -0.2) is 4.79 Å². The normalized spacial score (nSPS) is 23.1. The van der Waals surface area contributed by atoms with Crippen molar-refractivity contribution in [3.63, 3.8) is 0 Å². The van der Waals surface area contributed by atoms with E-state index in [4.69, 9.17) is 4.74 Å². The van der Waals surface area contributed by atoms with E-state index in [1.807, 2.05) is 30.3 Å². The highest BCUT2D eigenvalue weighted by Gasteiger charge is 2.68. The van der Waals surface area contributed by atoms with Gasteiger partial charge in [0.1, 0.15) is 5.54 Å². The number of amides is 2. The number of carboxylic acids is 1. The number of esters is 1. The van der Waals surface area contributed by atoms with Gasteiger partial charge >= 0.3 is 11.9 Å². The number of methoxy groups -OCH3 is 1. The molecule has 0 bridgehead atoms. The molecule has 0 aromatic heterocycles. The molecule has 4 unspecified atom stereocenters. The summed E-state index contributed by atoms with van der Waals surface area (Å²) < 4.78 is 4.76. The van der Waals surface area contributed by atoms with E-state index in [9.17, 15) is 34.4 Å². The molecule has 2 amide bonds. The van der Waals surface area contributed by atoms with E-state index in [-0.39, 0.29) is 24.2 Å². The lowest BCUT2D eigenvalue weighted by Gasteiger charge is -2.31. The van der Waals surface area contributed by atoms with Crippen molar-refractivity contribution in [1.82, 2.24) is 10.2 Å². The van der Waals surface area contributed by atoms with Crippen LogP contribution in [0, 0.1) is 22.0 Å². The Labute approximate surface area is 245 Å². The summed E-state index contributed by atoms with van der Waals surface area (Å²) in [5, 5.41) is 24.9. The minimum absolute atomic E-state index is 0.103. The molecule has 2 aliphatic heterocycles. The van der Waals surface area contributed by atoms with Gasteiger partial charge in [-0.05, 0) is 35.4 Å². The van der Waals surface area contributed by atoms with E-state index in [0.29, 0.717) is 16.9 Å². The fourth-order valence-electron chi connectivity index (χ4n) is 5.78. The molecule has 2 saturated heterocycles. The lowest BCUT2D eigenvalue weighted by Crippen LogP contribution is -2.57. The van der Waals surface area contributed by atoms with Crippen LogP contribution in [0.3, 0.4) is 0 Å². The minimum atomic E-state index is -1.87. The van der Waals surface area contributed by atoms with Crippen LogP contribution in [0.1, 0.15) is 27.5 Å². The van der Waals surface area contributed by atoms with Gasteiger partial charge in [0.25, 0.3) is 5.69 Å². The lowest BCUT2D eigenvalue weighted by atomic mass is 9.76. The number of rotatable bonds is 10. The number of carboxylic acid groups (broad SMARTS) is 1. The molecule has 2 fully saturated rings. The molecule has 5 rings (SSSR count). The summed E-state index contributed by atoms with van der Waals surface area (Å²) in [6.45, 7) is 0.103. The predicted octanol–water partition coefficient (Wildman–Crippen LogP) is 3.49. The van der Waals surface area contributed by atoms with Crippen LogP contribution in [0.2, 0.25) is 0 Å². The summed E-state index contributed by atoms with van der Waals surface area (Å²) >= 11 is 1.48. The van der Waals surface area contributed by atoms with Crippen LogP contribution in [0.15, 0.2) is 83.8 Å². The van der Waals surface area contributed by atoms with Crippen LogP contribution in [0.4, 0.5) is 5.69 Å². The summed E-state index contributed by atoms with van der Waals surface area (Å²) in [7, 11) is 1.26. The Bertz CT molecular complexity index is 1530. The van der Waals surface area contributed by atoms with E-state index < -0.39 is 52.1 Å². The van der Waals surface area contributed by atoms with Crippen molar-refractivity contribution in [3.05, 3.63) is 106 Å². The standard InChI is InChI=1S/C30H27N3O8S/c1-41-28(36)20-11-9-19(10-12-20)25-23-24(27(35)32(26(23)34)15-16-42-22-5-3-2-4-6-22)30(31-25,29(37)38)17-18-7-13-21(14-8-18)33(39)40/h2-14,23-25,31H,15-17H2,1H3,(H,37,38). The third-order valence-electron chi connectivity index (χ3n) is 7.77. The number of aliphatic carboxylic acids is 1. The van der Waals surface area contributed by atoms with Crippen molar-refractivity contribution in [2.24, 2.45) is 11.8 Å². The molecule has 2 aliphatic rings. The lowest BCUT2D eigenvalue weighted by molar-refractivity contribution is -0.384. The van der Waals surface area contributed by atoms with Crippen LogP contribution >= 0.6 is 11.8 Å². The van der Waals surface area contributed by atoms with Crippen molar-refractivity contribution in [1.29, 1.82) is 0 Å². The first-order chi connectivity index (χ1) is 20.2. The quantitative estimate of drug-likeness (QED) is 0.118. The van der Waals surface area contributed by atoms with Gasteiger partial charge in [0.05, 0.1) is 29.4 Å². The highest BCUT2D eigenvalue weighted by molar-refractivity contribution is 7.99. The number of nitro benzene ring substituents is 1. The molecular formula is C30H27N3O8S. The molecule has 3 aromatic carbocycles. The van der Waals surface area contributed by atoms with E-state index >= 15 is 0 Å². The summed E-state index contributed by atoms with van der Waals surface area (Å²) in [4.78, 5) is 65.4. The molecule has 2 heterocycles. The highest BCUT2D eigenvalue weighted by atomic mass is 32.2. The van der Waals surface area contributed by atoms with Crippen molar-refractivity contribution in [2.75, 3.05) is 19.4 Å². The molecule has 4 atom stereocenters. The van der Waals surface area contributed by atoms with Crippen LogP contribution < -0.4 is 5.32 Å². The van der Waals surface area contributed by atoms with Gasteiger partial charge in [-0.15, -0.1) is 11.8 Å². The number of nitrogens with one attached hydrogen (secondary N) is 1. The molecule has 3 aromatic rings. The third-order valence-corrected chi connectivity index (χ3v) is 8.77. The van der Waals surface area contributed by atoms with Crippen molar-refractivity contribution in [2.45, 2.75) is 22.9 Å². The van der Waals surface area contributed by atoms with Gasteiger partial charge in [0.2, 0.25) is 11.8 Å². The van der Waals surface area contributed by atoms with Gasteiger partial charge < -0.3 is 9.84 Å². The second kappa shape index (κ2) is 11.7. The predicted molar refractivity (Wildman–Crippen MR) is 152 cm³/mol. The third kappa shape index (κ3) is 5.26. The zero-order chi connectivity index (χ0) is 30.0. The summed E-state index contributed by atoms with van der Waals surface area (Å²) in [6, 6.07) is 20.4. The van der Waals surface area contributed by atoms with E-state index in [2.05, 4.69) is 5.32 Å². The van der Waals surface area contributed by atoms with Gasteiger partial charge in [0.15, 0.2) is 0 Å². The number of hydrogen-bond donors (Lipinski definition) is 2. The minimum Gasteiger partial charge on any atom is -0.480 e. The average molecular weight is 590 g/mol. The fraction of sp³-hybridized carbons (Fsp3) is 0.267. The molecular weight excluding hydrogens is 562 g/mol. The Morgan fingerprint density at radius 2 is 1.69 bits per heavy atom. The average Bonchev–Trinajstić information content (AvgIpc) is 3.47. The molecule has 0 radical (unpaired) electrons. The first kappa shape index (κ1) is 29.0. The number of imide groups is 1. The zero-order valence-electron chi connectivity index (χ0n) is 22.5. The van der Waals surface area contributed by atoms with Crippen LogP contribution in [-0.2, 0) is 25.5 Å². The smallest absolute Gasteiger partial charge is 0.337 e. The largest absolute Gasteiger partial charge is 0.480 e. The maximum atomic E-state index is 13.9. The van der Waals surface area contributed by atoms with Crippen LogP contribution in [0.25, 0.3) is 0 Å². The summed E-state index contributed by atoms with van der Waals surface area (Å²) in [6.07, 6.45) is -0.191. The number of benzene rings is 3. The topological polar surface area (TPSA) is 156 Å². The molecule has 0 saturated carbocycles. The number of likely N-dealkylation sites (tertiary alicyclic amines) is 1. The highest BCUT2D eigenvalue weighted by Crippen LogP contribution is 2.50. The second-order valence-corrected chi connectivity index (χ2v) is 11.3. The van der Waals surface area contributed by atoms with Gasteiger partial charge in [0, 0.05) is 41.8 Å². The number of carbonyl (C=O) groups is 4. The van der Waals surface area contributed by atoms with Gasteiger partial charge in [-0.3, -0.25) is 34.7 Å².